The Balaban J connectivity index is 1.08. The maximum atomic E-state index is 6.67. The van der Waals surface area contributed by atoms with E-state index in [0.717, 1.165) is 39.0 Å². The molecule has 0 spiro atoms. The number of fused-ring (bicyclic) bond motifs is 9. The van der Waals surface area contributed by atoms with Gasteiger partial charge in [-0.2, -0.15) is 0 Å². The second-order valence-corrected chi connectivity index (χ2v) is 15.2. The van der Waals surface area contributed by atoms with Crippen LogP contribution in [0.3, 0.4) is 0 Å². The van der Waals surface area contributed by atoms with Gasteiger partial charge in [-0.3, -0.25) is 0 Å². The molecule has 2 heteroatoms. The van der Waals surface area contributed by atoms with Crippen LogP contribution in [0, 0.1) is 0 Å². The number of benzene rings is 10. The fourth-order valence-corrected chi connectivity index (χ4v) is 9.33. The highest BCUT2D eigenvalue weighted by molar-refractivity contribution is 6.26. The average molecular weight is 738 g/mol. The molecule has 0 bridgehead atoms. The van der Waals surface area contributed by atoms with Crippen LogP contribution in [0.2, 0.25) is 0 Å². The van der Waals surface area contributed by atoms with Crippen molar-refractivity contribution >= 4 is 60.5 Å². The maximum Gasteiger partial charge on any atom is 0.159 e. The van der Waals surface area contributed by atoms with Crippen molar-refractivity contribution in [3.05, 3.63) is 212 Å². The van der Waals surface area contributed by atoms with Crippen LogP contribution < -0.4 is 4.90 Å². The predicted molar refractivity (Wildman–Crippen MR) is 244 cm³/mol. The minimum atomic E-state index is 0.870. The van der Waals surface area contributed by atoms with Crippen LogP contribution in [-0.2, 0) is 0 Å². The topological polar surface area (TPSA) is 16.4 Å². The summed E-state index contributed by atoms with van der Waals surface area (Å²) in [4.78, 5) is 2.35. The Morgan fingerprint density at radius 3 is 1.45 bits per heavy atom. The van der Waals surface area contributed by atoms with Gasteiger partial charge in [-0.1, -0.05) is 164 Å². The molecule has 0 unspecified atom stereocenters. The monoisotopic (exact) mass is 737 g/mol. The molecule has 0 saturated carbocycles. The van der Waals surface area contributed by atoms with E-state index in [1.807, 2.05) is 6.07 Å². The molecule has 1 aromatic heterocycles. The van der Waals surface area contributed by atoms with E-state index in [-0.39, 0.29) is 0 Å². The van der Waals surface area contributed by atoms with E-state index < -0.39 is 0 Å². The predicted octanol–water partition coefficient (Wildman–Crippen LogP) is 16.0. The molecule has 0 amide bonds. The van der Waals surface area contributed by atoms with Crippen molar-refractivity contribution in [1.82, 2.24) is 0 Å². The third-order valence-corrected chi connectivity index (χ3v) is 12.0. The van der Waals surface area contributed by atoms with E-state index >= 15 is 0 Å². The third kappa shape index (κ3) is 4.99. The van der Waals surface area contributed by atoms with Gasteiger partial charge in [0.05, 0.1) is 5.69 Å². The van der Waals surface area contributed by atoms with Gasteiger partial charge >= 0.3 is 0 Å². The SMILES string of the molecule is c1ccc(-c2ccc(N(c3ccc4cc5c(cc4c3)-c3c-5c(-c4ccccc4)c4ccccc4c3-c3ccccc3)c3cccc4c3oc3ccccc34)cc2)cc1. The molecule has 0 fully saturated rings. The summed E-state index contributed by atoms with van der Waals surface area (Å²) >= 11 is 0. The molecular weight excluding hydrogens is 703 g/mol. The van der Waals surface area contributed by atoms with Crippen molar-refractivity contribution < 1.29 is 4.42 Å². The molecule has 1 aliphatic rings. The highest BCUT2D eigenvalue weighted by atomic mass is 16.3. The Hall–Kier alpha value is -7.68. The molecule has 0 saturated heterocycles. The number of rotatable bonds is 6. The van der Waals surface area contributed by atoms with Crippen molar-refractivity contribution in [3.8, 4) is 55.6 Å². The Labute approximate surface area is 336 Å². The summed E-state index contributed by atoms with van der Waals surface area (Å²) in [6.45, 7) is 0. The summed E-state index contributed by atoms with van der Waals surface area (Å²) < 4.78 is 6.67. The van der Waals surface area contributed by atoms with Crippen LogP contribution in [0.5, 0.6) is 0 Å². The molecule has 11 aromatic rings. The van der Waals surface area contributed by atoms with Gasteiger partial charge in [-0.15, -0.1) is 0 Å². The van der Waals surface area contributed by atoms with Gasteiger partial charge in [0.15, 0.2) is 5.58 Å². The van der Waals surface area contributed by atoms with Crippen molar-refractivity contribution in [2.24, 2.45) is 0 Å². The van der Waals surface area contributed by atoms with Gasteiger partial charge in [0, 0.05) is 22.1 Å². The van der Waals surface area contributed by atoms with E-state index in [4.69, 9.17) is 4.42 Å². The van der Waals surface area contributed by atoms with Crippen molar-refractivity contribution in [3.63, 3.8) is 0 Å². The highest BCUT2D eigenvalue weighted by Gasteiger charge is 2.33. The lowest BCUT2D eigenvalue weighted by Crippen LogP contribution is -2.10. The van der Waals surface area contributed by atoms with E-state index in [2.05, 4.69) is 211 Å². The van der Waals surface area contributed by atoms with Crippen LogP contribution in [0.25, 0.3) is 99.1 Å². The first kappa shape index (κ1) is 32.6. The van der Waals surface area contributed by atoms with E-state index in [9.17, 15) is 0 Å². The van der Waals surface area contributed by atoms with Crippen LogP contribution in [0.15, 0.2) is 217 Å². The molecule has 12 rings (SSSR count). The minimum Gasteiger partial charge on any atom is -0.454 e. The normalized spacial score (nSPS) is 11.8. The van der Waals surface area contributed by atoms with Crippen LogP contribution in [0.1, 0.15) is 0 Å². The summed E-state index contributed by atoms with van der Waals surface area (Å²) in [5, 5.41) is 7.18. The van der Waals surface area contributed by atoms with Gasteiger partial charge in [-0.25, -0.2) is 0 Å². The molecule has 0 radical (unpaired) electrons. The Morgan fingerprint density at radius 2 is 0.810 bits per heavy atom. The molecule has 10 aromatic carbocycles. The molecule has 1 aliphatic carbocycles. The molecule has 2 nitrogen and oxygen atoms in total. The second kappa shape index (κ2) is 12.9. The zero-order valence-electron chi connectivity index (χ0n) is 31.6. The lowest BCUT2D eigenvalue weighted by Gasteiger charge is -2.33. The summed E-state index contributed by atoms with van der Waals surface area (Å²) in [6, 6.07) is 76.7. The lowest BCUT2D eigenvalue weighted by molar-refractivity contribution is 0.669. The summed E-state index contributed by atoms with van der Waals surface area (Å²) in [5.41, 5.74) is 17.6. The van der Waals surface area contributed by atoms with E-state index in [1.165, 1.54) is 77.2 Å². The molecule has 58 heavy (non-hydrogen) atoms. The number of hydrogen-bond acceptors (Lipinski definition) is 2. The Kier molecular flexibility index (Phi) is 7.26. The largest absolute Gasteiger partial charge is 0.454 e. The summed E-state index contributed by atoms with van der Waals surface area (Å²) in [7, 11) is 0. The average Bonchev–Trinajstić information content (AvgIpc) is 3.68. The summed E-state index contributed by atoms with van der Waals surface area (Å²) in [5.74, 6) is 0. The summed E-state index contributed by atoms with van der Waals surface area (Å²) in [6.07, 6.45) is 0. The number of furan rings is 1. The minimum absolute atomic E-state index is 0.870. The standard InChI is InChI=1S/C56H35NO/c1-4-15-36(16-5-1)37-27-30-42(31-28-37)57(50-25-14-24-47-44-21-12-13-26-51(44)58-56(47)50)43-32-29-40-34-48-49(35-41(40)33-43)55-53(39-19-8-3-9-20-39)46-23-11-10-22-45(46)52(54(48)55)38-17-6-2-7-18-38/h1-35H. The first-order valence-corrected chi connectivity index (χ1v) is 19.9. The lowest BCUT2D eigenvalue weighted by atomic mass is 9.70. The third-order valence-electron chi connectivity index (χ3n) is 12.0. The van der Waals surface area contributed by atoms with Crippen molar-refractivity contribution in [2.45, 2.75) is 0 Å². The number of hydrogen-bond donors (Lipinski definition) is 0. The van der Waals surface area contributed by atoms with Gasteiger partial charge in [0.2, 0.25) is 0 Å². The highest BCUT2D eigenvalue weighted by Crippen LogP contribution is 2.60. The smallest absolute Gasteiger partial charge is 0.159 e. The van der Waals surface area contributed by atoms with Crippen LogP contribution >= 0.6 is 0 Å². The quantitative estimate of drug-likeness (QED) is 0.169. The van der Waals surface area contributed by atoms with Gasteiger partial charge in [0.25, 0.3) is 0 Å². The Morgan fingerprint density at radius 1 is 0.310 bits per heavy atom. The zero-order chi connectivity index (χ0) is 38.2. The first-order chi connectivity index (χ1) is 28.8. The molecular formula is C56H35NO. The number of anilines is 3. The fraction of sp³-hybridized carbons (Fsp3) is 0. The van der Waals surface area contributed by atoms with Crippen molar-refractivity contribution in [1.29, 1.82) is 0 Å². The second-order valence-electron chi connectivity index (χ2n) is 15.2. The molecule has 1 heterocycles. The molecule has 0 N–H and O–H groups in total. The number of nitrogens with zero attached hydrogens (tertiary/aromatic N) is 1. The van der Waals surface area contributed by atoms with Crippen LogP contribution in [-0.4, -0.2) is 0 Å². The first-order valence-electron chi connectivity index (χ1n) is 19.9. The van der Waals surface area contributed by atoms with E-state index in [1.54, 1.807) is 0 Å². The van der Waals surface area contributed by atoms with Gasteiger partial charge in [0.1, 0.15) is 5.58 Å². The Bertz CT molecular complexity index is 3360. The van der Waals surface area contributed by atoms with Crippen LogP contribution in [0.4, 0.5) is 17.1 Å². The van der Waals surface area contributed by atoms with Gasteiger partial charge in [-0.05, 0) is 126 Å². The fourth-order valence-electron chi connectivity index (χ4n) is 9.33. The van der Waals surface area contributed by atoms with E-state index in [0.29, 0.717) is 0 Å². The van der Waals surface area contributed by atoms with Crippen molar-refractivity contribution in [2.75, 3.05) is 4.90 Å². The maximum absolute atomic E-state index is 6.67. The molecule has 270 valence electrons. The zero-order valence-corrected chi connectivity index (χ0v) is 31.6. The molecule has 0 aliphatic heterocycles. The molecule has 0 atom stereocenters. The van der Waals surface area contributed by atoms with Gasteiger partial charge < -0.3 is 9.32 Å². The number of para-hydroxylation sites is 2.